The van der Waals surface area contributed by atoms with Crippen LogP contribution in [0.5, 0.6) is 5.75 Å². The lowest BCUT2D eigenvalue weighted by atomic mass is 10.0. The number of nitrogens with one attached hydrogen (secondary N) is 1. The fraction of sp³-hybridized carbons (Fsp3) is 0.308. The Balaban J connectivity index is 2.48. The fourth-order valence-electron chi connectivity index (χ4n) is 2.06. The van der Waals surface area contributed by atoms with Gasteiger partial charge in [0.25, 0.3) is 0 Å². The molecule has 1 atom stereocenters. The Kier molecular flexibility index (Phi) is 3.25. The van der Waals surface area contributed by atoms with Gasteiger partial charge in [0.1, 0.15) is 11.8 Å². The molecule has 0 aliphatic rings. The molecule has 0 saturated carbocycles. The maximum atomic E-state index is 10.8. The molecule has 0 fully saturated rings. The van der Waals surface area contributed by atoms with Crippen molar-refractivity contribution in [3.8, 4) is 5.75 Å². The molecule has 18 heavy (non-hydrogen) atoms. The van der Waals surface area contributed by atoms with Crippen molar-refractivity contribution in [3.63, 3.8) is 0 Å². The third-order valence-electron chi connectivity index (χ3n) is 3.07. The summed E-state index contributed by atoms with van der Waals surface area (Å²) in [5.41, 5.74) is 8.42. The summed E-state index contributed by atoms with van der Waals surface area (Å²) in [6.45, 7) is 1.91. The van der Waals surface area contributed by atoms with E-state index in [1.165, 1.54) is 0 Å². The molecule has 0 amide bonds. The van der Waals surface area contributed by atoms with Crippen molar-refractivity contribution in [2.45, 2.75) is 19.4 Å². The van der Waals surface area contributed by atoms with Crippen LogP contribution in [0.15, 0.2) is 18.2 Å². The predicted octanol–water partition coefficient (Wildman–Crippen LogP) is 1.44. The number of aromatic nitrogens is 1. The van der Waals surface area contributed by atoms with Crippen LogP contribution in [0.1, 0.15) is 11.3 Å². The molecular formula is C13H16N2O3. The van der Waals surface area contributed by atoms with Gasteiger partial charge >= 0.3 is 5.97 Å². The van der Waals surface area contributed by atoms with Gasteiger partial charge in [0.05, 0.1) is 7.11 Å². The second kappa shape index (κ2) is 4.70. The first-order valence-electron chi connectivity index (χ1n) is 5.66. The SMILES string of the molecule is COc1ccc2[nH]c(C)c(C[C@H](N)C(=O)O)c2c1. The Labute approximate surface area is 105 Å². The Bertz CT molecular complexity index is 589. The zero-order chi connectivity index (χ0) is 13.3. The van der Waals surface area contributed by atoms with Crippen LogP contribution in [0.2, 0.25) is 0 Å². The summed E-state index contributed by atoms with van der Waals surface area (Å²) < 4.78 is 5.18. The molecule has 0 saturated heterocycles. The number of carboxylic acid groups (broad SMARTS) is 1. The van der Waals surface area contributed by atoms with Gasteiger partial charge in [-0.25, -0.2) is 0 Å². The summed E-state index contributed by atoms with van der Waals surface area (Å²) in [5, 5.41) is 9.85. The molecule has 0 aliphatic heterocycles. The zero-order valence-electron chi connectivity index (χ0n) is 10.4. The number of ether oxygens (including phenoxy) is 1. The van der Waals surface area contributed by atoms with Crippen LogP contribution in [0.25, 0.3) is 10.9 Å². The number of benzene rings is 1. The summed E-state index contributed by atoms with van der Waals surface area (Å²) >= 11 is 0. The Morgan fingerprint density at radius 1 is 1.56 bits per heavy atom. The topological polar surface area (TPSA) is 88.3 Å². The maximum absolute atomic E-state index is 10.8. The number of aliphatic carboxylic acids is 1. The molecule has 1 aromatic carbocycles. The number of methoxy groups -OCH3 is 1. The number of nitrogens with two attached hydrogens (primary N) is 1. The van der Waals surface area contributed by atoms with Crippen molar-refractivity contribution in [1.29, 1.82) is 0 Å². The first kappa shape index (κ1) is 12.4. The van der Waals surface area contributed by atoms with Crippen molar-refractivity contribution in [1.82, 2.24) is 4.98 Å². The van der Waals surface area contributed by atoms with Crippen molar-refractivity contribution in [3.05, 3.63) is 29.5 Å². The molecule has 1 heterocycles. The van der Waals surface area contributed by atoms with Gasteiger partial charge in [0.15, 0.2) is 0 Å². The van der Waals surface area contributed by atoms with Crippen LogP contribution in [0.4, 0.5) is 0 Å². The Morgan fingerprint density at radius 3 is 2.89 bits per heavy atom. The lowest BCUT2D eigenvalue weighted by Gasteiger charge is -2.07. The minimum Gasteiger partial charge on any atom is -0.497 e. The van der Waals surface area contributed by atoms with Crippen LogP contribution in [0.3, 0.4) is 0 Å². The number of hydrogen-bond donors (Lipinski definition) is 3. The van der Waals surface area contributed by atoms with E-state index in [9.17, 15) is 4.79 Å². The van der Waals surface area contributed by atoms with Crippen LogP contribution >= 0.6 is 0 Å². The molecule has 0 unspecified atom stereocenters. The zero-order valence-corrected chi connectivity index (χ0v) is 10.4. The molecule has 5 nitrogen and oxygen atoms in total. The minimum absolute atomic E-state index is 0.300. The predicted molar refractivity (Wildman–Crippen MR) is 68.9 cm³/mol. The van der Waals surface area contributed by atoms with E-state index in [0.29, 0.717) is 6.42 Å². The summed E-state index contributed by atoms with van der Waals surface area (Å²) in [6, 6.07) is 4.77. The third-order valence-corrected chi connectivity index (χ3v) is 3.07. The lowest BCUT2D eigenvalue weighted by Crippen LogP contribution is -2.32. The van der Waals surface area contributed by atoms with Gasteiger partial charge in [0.2, 0.25) is 0 Å². The minimum atomic E-state index is -0.994. The number of hydrogen-bond acceptors (Lipinski definition) is 3. The monoisotopic (exact) mass is 248 g/mol. The highest BCUT2D eigenvalue weighted by Crippen LogP contribution is 2.27. The van der Waals surface area contributed by atoms with Gasteiger partial charge in [0, 0.05) is 23.0 Å². The van der Waals surface area contributed by atoms with E-state index in [2.05, 4.69) is 4.98 Å². The van der Waals surface area contributed by atoms with E-state index < -0.39 is 12.0 Å². The summed E-state index contributed by atoms with van der Waals surface area (Å²) in [7, 11) is 1.60. The van der Waals surface area contributed by atoms with Crippen LogP contribution in [-0.2, 0) is 11.2 Å². The summed E-state index contributed by atoms with van der Waals surface area (Å²) in [4.78, 5) is 14.1. The van der Waals surface area contributed by atoms with Gasteiger partial charge in [-0.15, -0.1) is 0 Å². The van der Waals surface area contributed by atoms with E-state index in [1.54, 1.807) is 7.11 Å². The van der Waals surface area contributed by atoms with Crippen molar-refractivity contribution in [2.24, 2.45) is 5.73 Å². The number of carboxylic acids is 1. The quantitative estimate of drug-likeness (QED) is 0.763. The highest BCUT2D eigenvalue weighted by molar-refractivity contribution is 5.87. The molecule has 1 aromatic heterocycles. The van der Waals surface area contributed by atoms with E-state index in [4.69, 9.17) is 15.6 Å². The average molecular weight is 248 g/mol. The molecule has 0 aliphatic carbocycles. The van der Waals surface area contributed by atoms with E-state index in [-0.39, 0.29) is 0 Å². The molecule has 0 radical (unpaired) electrons. The third kappa shape index (κ3) is 2.17. The molecule has 96 valence electrons. The molecule has 2 aromatic rings. The Morgan fingerprint density at radius 2 is 2.28 bits per heavy atom. The second-order valence-corrected chi connectivity index (χ2v) is 4.29. The molecular weight excluding hydrogens is 232 g/mol. The lowest BCUT2D eigenvalue weighted by molar-refractivity contribution is -0.138. The maximum Gasteiger partial charge on any atom is 0.320 e. The van der Waals surface area contributed by atoms with Gasteiger partial charge in [-0.3, -0.25) is 4.79 Å². The number of fused-ring (bicyclic) bond motifs is 1. The van der Waals surface area contributed by atoms with Crippen molar-refractivity contribution < 1.29 is 14.6 Å². The highest BCUT2D eigenvalue weighted by atomic mass is 16.5. The van der Waals surface area contributed by atoms with Gasteiger partial charge in [-0.1, -0.05) is 0 Å². The standard InChI is InChI=1S/C13H16N2O3/c1-7-9(6-11(14)13(16)17)10-5-8(18-2)3-4-12(10)15-7/h3-5,11,15H,6,14H2,1-2H3,(H,16,17)/t11-/m0/s1. The summed E-state index contributed by atoms with van der Waals surface area (Å²) in [5.74, 6) is -0.252. The van der Waals surface area contributed by atoms with E-state index in [1.807, 2.05) is 25.1 Å². The number of carbonyl (C=O) groups is 1. The van der Waals surface area contributed by atoms with Crippen molar-refractivity contribution in [2.75, 3.05) is 7.11 Å². The molecule has 0 bridgehead atoms. The highest BCUT2D eigenvalue weighted by Gasteiger charge is 2.17. The molecule has 4 N–H and O–H groups in total. The Hall–Kier alpha value is -2.01. The average Bonchev–Trinajstić information content (AvgIpc) is 2.65. The van der Waals surface area contributed by atoms with E-state index >= 15 is 0 Å². The number of aromatic amines is 1. The molecule has 2 rings (SSSR count). The summed E-state index contributed by atoms with van der Waals surface area (Å²) in [6.07, 6.45) is 0.300. The number of rotatable bonds is 4. The largest absolute Gasteiger partial charge is 0.497 e. The van der Waals surface area contributed by atoms with Gasteiger partial charge in [-0.2, -0.15) is 0 Å². The molecule has 0 spiro atoms. The number of H-pyrrole nitrogens is 1. The van der Waals surface area contributed by atoms with Crippen LogP contribution in [0, 0.1) is 6.92 Å². The smallest absolute Gasteiger partial charge is 0.320 e. The van der Waals surface area contributed by atoms with Gasteiger partial charge in [-0.05, 0) is 30.7 Å². The van der Waals surface area contributed by atoms with Crippen molar-refractivity contribution >= 4 is 16.9 Å². The second-order valence-electron chi connectivity index (χ2n) is 4.29. The normalized spacial score (nSPS) is 12.6. The van der Waals surface area contributed by atoms with E-state index in [0.717, 1.165) is 27.9 Å². The van der Waals surface area contributed by atoms with Crippen LogP contribution < -0.4 is 10.5 Å². The fourth-order valence-corrected chi connectivity index (χ4v) is 2.06. The molecule has 5 heteroatoms. The van der Waals surface area contributed by atoms with Gasteiger partial charge < -0.3 is 20.6 Å². The first-order valence-corrected chi connectivity index (χ1v) is 5.66. The van der Waals surface area contributed by atoms with Crippen LogP contribution in [-0.4, -0.2) is 29.2 Å². The number of aryl methyl sites for hydroxylation is 1. The first-order chi connectivity index (χ1) is 8.52.